The van der Waals surface area contributed by atoms with Crippen molar-refractivity contribution in [2.24, 2.45) is 0 Å². The summed E-state index contributed by atoms with van der Waals surface area (Å²) >= 11 is 0. The summed E-state index contributed by atoms with van der Waals surface area (Å²) in [6, 6.07) is 30.6. The van der Waals surface area contributed by atoms with Crippen LogP contribution < -0.4 is 10.1 Å². The van der Waals surface area contributed by atoms with Crippen molar-refractivity contribution in [3.63, 3.8) is 0 Å². The molecule has 6 heteroatoms. The number of ether oxygens (including phenoxy) is 2. The number of hydrogen-bond acceptors (Lipinski definition) is 5. The van der Waals surface area contributed by atoms with Crippen molar-refractivity contribution < 1.29 is 23.9 Å². The lowest BCUT2D eigenvalue weighted by Gasteiger charge is -2.19. The molecule has 0 saturated heterocycles. The summed E-state index contributed by atoms with van der Waals surface area (Å²) in [6.45, 7) is 0. The van der Waals surface area contributed by atoms with Gasteiger partial charge in [0.15, 0.2) is 5.78 Å². The van der Waals surface area contributed by atoms with E-state index in [4.69, 9.17) is 9.47 Å². The molecule has 4 aromatic carbocycles. The smallest absolute Gasteiger partial charge is 0.340 e. The number of nitrogens with one attached hydrogen (secondary N) is 1. The molecular weight excluding hydrogens is 442 g/mol. The molecular formula is C29H23NO5. The van der Waals surface area contributed by atoms with Crippen LogP contribution in [-0.2, 0) is 9.53 Å². The lowest BCUT2D eigenvalue weighted by molar-refractivity contribution is -0.125. The second-order valence-corrected chi connectivity index (χ2v) is 7.66. The molecule has 0 heterocycles. The van der Waals surface area contributed by atoms with Gasteiger partial charge in [0.05, 0.1) is 12.7 Å². The van der Waals surface area contributed by atoms with Crippen molar-refractivity contribution in [3.8, 4) is 5.75 Å². The van der Waals surface area contributed by atoms with E-state index in [1.54, 1.807) is 97.1 Å². The molecule has 0 aliphatic rings. The average Bonchev–Trinajstić information content (AvgIpc) is 2.92. The van der Waals surface area contributed by atoms with Crippen molar-refractivity contribution in [1.29, 1.82) is 0 Å². The number of carbonyl (C=O) groups is 3. The van der Waals surface area contributed by atoms with Crippen LogP contribution in [0.2, 0.25) is 0 Å². The van der Waals surface area contributed by atoms with E-state index < -0.39 is 18.0 Å². The van der Waals surface area contributed by atoms with Crippen LogP contribution in [0.4, 0.5) is 5.69 Å². The zero-order valence-electron chi connectivity index (χ0n) is 19.0. The van der Waals surface area contributed by atoms with E-state index in [1.807, 2.05) is 6.07 Å². The molecule has 1 atom stereocenters. The van der Waals surface area contributed by atoms with E-state index in [9.17, 15) is 14.4 Å². The Morgan fingerprint density at radius 3 is 2.03 bits per heavy atom. The zero-order chi connectivity index (χ0) is 24.6. The Morgan fingerprint density at radius 1 is 0.714 bits per heavy atom. The Balaban J connectivity index is 1.62. The third-order valence-electron chi connectivity index (χ3n) is 5.33. The number of amides is 1. The molecule has 35 heavy (non-hydrogen) atoms. The minimum absolute atomic E-state index is 0.0801. The number of methoxy groups -OCH3 is 1. The minimum atomic E-state index is -1.24. The van der Waals surface area contributed by atoms with E-state index in [0.29, 0.717) is 22.6 Å². The van der Waals surface area contributed by atoms with Crippen LogP contribution in [-0.4, -0.2) is 24.8 Å². The van der Waals surface area contributed by atoms with E-state index in [-0.39, 0.29) is 16.9 Å². The molecule has 1 N–H and O–H groups in total. The van der Waals surface area contributed by atoms with Crippen molar-refractivity contribution in [2.75, 3.05) is 12.4 Å². The molecule has 0 saturated carbocycles. The minimum Gasteiger partial charge on any atom is -0.497 e. The zero-order valence-corrected chi connectivity index (χ0v) is 19.0. The van der Waals surface area contributed by atoms with Gasteiger partial charge in [-0.1, -0.05) is 84.9 Å². The van der Waals surface area contributed by atoms with Crippen LogP contribution in [0.15, 0.2) is 109 Å². The maximum Gasteiger partial charge on any atom is 0.340 e. The summed E-state index contributed by atoms with van der Waals surface area (Å²) in [6.07, 6.45) is -1.24. The predicted molar refractivity (Wildman–Crippen MR) is 133 cm³/mol. The van der Waals surface area contributed by atoms with Crippen molar-refractivity contribution in [2.45, 2.75) is 6.10 Å². The number of anilines is 1. The van der Waals surface area contributed by atoms with Gasteiger partial charge in [0.1, 0.15) is 5.75 Å². The first-order valence-electron chi connectivity index (χ1n) is 11.0. The van der Waals surface area contributed by atoms with Gasteiger partial charge in [-0.2, -0.15) is 0 Å². The fourth-order valence-electron chi connectivity index (χ4n) is 3.58. The Morgan fingerprint density at radius 2 is 1.34 bits per heavy atom. The second-order valence-electron chi connectivity index (χ2n) is 7.66. The highest BCUT2D eigenvalue weighted by atomic mass is 16.5. The van der Waals surface area contributed by atoms with Gasteiger partial charge in [0.2, 0.25) is 6.10 Å². The highest BCUT2D eigenvalue weighted by Crippen LogP contribution is 2.25. The van der Waals surface area contributed by atoms with E-state index in [0.717, 1.165) is 0 Å². The molecule has 0 spiro atoms. The van der Waals surface area contributed by atoms with E-state index in [1.165, 1.54) is 13.2 Å². The van der Waals surface area contributed by atoms with Gasteiger partial charge in [-0.05, 0) is 18.2 Å². The SMILES string of the molecule is COc1cccc(NC(=O)C(OC(=O)c2ccccc2C(=O)c2ccccc2)c2ccccc2)c1. The van der Waals surface area contributed by atoms with E-state index >= 15 is 0 Å². The standard InChI is InChI=1S/C29H23NO5/c1-34-23-16-10-15-22(19-23)30-28(32)27(21-13-6-3-7-14-21)35-29(33)25-18-9-8-17-24(25)26(31)20-11-4-2-5-12-20/h2-19,27H,1H3,(H,30,32). The normalized spacial score (nSPS) is 11.2. The Labute approximate surface area is 203 Å². The first kappa shape index (κ1) is 23.4. The molecule has 0 aromatic heterocycles. The Hall–Kier alpha value is -4.71. The maximum atomic E-state index is 13.3. The molecule has 6 nitrogen and oxygen atoms in total. The summed E-state index contributed by atoms with van der Waals surface area (Å²) < 4.78 is 10.9. The van der Waals surface area contributed by atoms with Gasteiger partial charge in [-0.3, -0.25) is 9.59 Å². The molecule has 1 unspecified atom stereocenters. The number of ketones is 1. The third-order valence-corrected chi connectivity index (χ3v) is 5.33. The monoisotopic (exact) mass is 465 g/mol. The predicted octanol–water partition coefficient (Wildman–Crippen LogP) is 5.46. The van der Waals surface area contributed by atoms with Gasteiger partial charge in [0, 0.05) is 28.4 Å². The lowest BCUT2D eigenvalue weighted by Crippen LogP contribution is -2.26. The fraction of sp³-hybridized carbons (Fsp3) is 0.0690. The summed E-state index contributed by atoms with van der Waals surface area (Å²) in [5.74, 6) is -1.05. The van der Waals surface area contributed by atoms with E-state index in [2.05, 4.69) is 5.32 Å². The molecule has 0 bridgehead atoms. The van der Waals surface area contributed by atoms with Crippen molar-refractivity contribution in [3.05, 3.63) is 131 Å². The third kappa shape index (κ3) is 5.62. The lowest BCUT2D eigenvalue weighted by atomic mass is 9.98. The summed E-state index contributed by atoms with van der Waals surface area (Å²) in [4.78, 5) is 39.6. The number of esters is 1. The topological polar surface area (TPSA) is 81.7 Å². The van der Waals surface area contributed by atoms with Crippen molar-refractivity contribution >= 4 is 23.3 Å². The summed E-state index contributed by atoms with van der Waals surface area (Å²) in [5, 5.41) is 2.77. The van der Waals surface area contributed by atoms with Crippen LogP contribution in [0.5, 0.6) is 5.75 Å². The second kappa shape index (κ2) is 10.9. The number of carbonyl (C=O) groups excluding carboxylic acids is 3. The summed E-state index contributed by atoms with van der Waals surface area (Å²) in [5.41, 5.74) is 1.71. The Bertz CT molecular complexity index is 1340. The van der Waals surface area contributed by atoms with Gasteiger partial charge in [-0.15, -0.1) is 0 Å². The molecule has 0 aliphatic carbocycles. The quantitative estimate of drug-likeness (QED) is 0.276. The van der Waals surface area contributed by atoms with Crippen LogP contribution in [0, 0.1) is 0 Å². The Kier molecular flexibility index (Phi) is 7.33. The summed E-state index contributed by atoms with van der Waals surface area (Å²) in [7, 11) is 1.53. The maximum absolute atomic E-state index is 13.3. The van der Waals surface area contributed by atoms with Crippen LogP contribution in [0.1, 0.15) is 37.9 Å². The molecule has 174 valence electrons. The number of benzene rings is 4. The highest BCUT2D eigenvalue weighted by Gasteiger charge is 2.28. The molecule has 4 rings (SSSR count). The molecule has 0 radical (unpaired) electrons. The fourth-order valence-corrected chi connectivity index (χ4v) is 3.58. The van der Waals surface area contributed by atoms with Gasteiger partial charge < -0.3 is 14.8 Å². The van der Waals surface area contributed by atoms with Crippen molar-refractivity contribution in [1.82, 2.24) is 0 Å². The van der Waals surface area contributed by atoms with Gasteiger partial charge in [0.25, 0.3) is 5.91 Å². The van der Waals surface area contributed by atoms with Gasteiger partial charge in [-0.25, -0.2) is 4.79 Å². The van der Waals surface area contributed by atoms with Crippen LogP contribution in [0.25, 0.3) is 0 Å². The largest absolute Gasteiger partial charge is 0.497 e. The molecule has 1 amide bonds. The van der Waals surface area contributed by atoms with Gasteiger partial charge >= 0.3 is 5.97 Å². The first-order valence-corrected chi connectivity index (χ1v) is 11.0. The molecule has 0 aliphatic heterocycles. The highest BCUT2D eigenvalue weighted by molar-refractivity contribution is 6.14. The average molecular weight is 466 g/mol. The molecule has 4 aromatic rings. The van der Waals surface area contributed by atoms with Crippen LogP contribution >= 0.6 is 0 Å². The number of hydrogen-bond donors (Lipinski definition) is 1. The van der Waals surface area contributed by atoms with Crippen LogP contribution in [0.3, 0.4) is 0 Å². The first-order chi connectivity index (χ1) is 17.1. The molecule has 0 fully saturated rings. The number of rotatable bonds is 8.